The zero-order valence-electron chi connectivity index (χ0n) is 7.82. The molecule has 15 heavy (non-hydrogen) atoms. The van der Waals surface area contributed by atoms with Gasteiger partial charge in [-0.3, -0.25) is 0 Å². The van der Waals surface area contributed by atoms with Gasteiger partial charge in [0.15, 0.2) is 0 Å². The van der Waals surface area contributed by atoms with Crippen molar-refractivity contribution in [1.82, 2.24) is 0 Å². The van der Waals surface area contributed by atoms with Gasteiger partial charge in [0.25, 0.3) is 0 Å². The average molecular weight is 325 g/mol. The fourth-order valence-electron chi connectivity index (χ4n) is 1.35. The van der Waals surface area contributed by atoms with Crippen molar-refractivity contribution in [3.63, 3.8) is 0 Å². The minimum Gasteiger partial charge on any atom is -0.198 e. The summed E-state index contributed by atoms with van der Waals surface area (Å²) in [5.41, 5.74) is -0.0444. The third-order valence-corrected chi connectivity index (χ3v) is 2.98. The van der Waals surface area contributed by atoms with Crippen LogP contribution in [-0.4, -0.2) is 0 Å². The molecule has 1 rings (SSSR count). The Morgan fingerprint density at radius 2 is 2.00 bits per heavy atom. The summed E-state index contributed by atoms with van der Waals surface area (Å²) in [4.78, 5) is 0. The Morgan fingerprint density at radius 3 is 2.47 bits per heavy atom. The number of hydrogen-bond donors (Lipinski definition) is 0. The summed E-state index contributed by atoms with van der Waals surface area (Å²) in [5.74, 6) is 0. The average Bonchev–Trinajstić information content (AvgIpc) is 2.08. The van der Waals surface area contributed by atoms with E-state index < -0.39 is 11.7 Å². The van der Waals surface area contributed by atoms with Crippen LogP contribution in [0.25, 0.3) is 0 Å². The fraction of sp³-hybridized carbons (Fsp3) is 0.300. The molecule has 0 radical (unpaired) electrons. The van der Waals surface area contributed by atoms with E-state index in [1.807, 2.05) is 6.07 Å². The lowest BCUT2D eigenvalue weighted by Gasteiger charge is -2.14. The Bertz CT molecular complexity index is 418. The smallest absolute Gasteiger partial charge is 0.198 e. The lowest BCUT2D eigenvalue weighted by Crippen LogP contribution is -2.11. The summed E-state index contributed by atoms with van der Waals surface area (Å²) >= 11 is 1.65. The Hall–Kier alpha value is -0.770. The van der Waals surface area contributed by atoms with Crippen LogP contribution in [-0.2, 0) is 12.6 Å². The Labute approximate surface area is 99.0 Å². The van der Waals surface area contributed by atoms with Crippen LogP contribution >= 0.6 is 22.6 Å². The van der Waals surface area contributed by atoms with Crippen molar-refractivity contribution in [3.05, 3.63) is 32.4 Å². The summed E-state index contributed by atoms with van der Waals surface area (Å²) in [7, 11) is 0. The summed E-state index contributed by atoms with van der Waals surface area (Å²) in [6.45, 7) is 1.40. The van der Waals surface area contributed by atoms with Gasteiger partial charge in [-0.05, 0) is 46.7 Å². The number of rotatable bonds is 1. The molecule has 0 fully saturated rings. The quantitative estimate of drug-likeness (QED) is 0.723. The third kappa shape index (κ3) is 2.62. The molecule has 0 saturated heterocycles. The molecule has 0 aromatic heterocycles. The first-order valence-electron chi connectivity index (χ1n) is 4.10. The van der Waals surface area contributed by atoms with Crippen LogP contribution in [0.3, 0.4) is 0 Å². The fourth-order valence-corrected chi connectivity index (χ4v) is 2.24. The van der Waals surface area contributed by atoms with Crippen molar-refractivity contribution in [1.29, 1.82) is 5.26 Å². The van der Waals surface area contributed by atoms with Gasteiger partial charge in [-0.2, -0.15) is 18.4 Å². The predicted molar refractivity (Wildman–Crippen MR) is 58.2 cm³/mol. The molecule has 0 unspecified atom stereocenters. The minimum atomic E-state index is -4.36. The van der Waals surface area contributed by atoms with E-state index in [0.717, 1.165) is 0 Å². The van der Waals surface area contributed by atoms with E-state index in [2.05, 4.69) is 0 Å². The van der Waals surface area contributed by atoms with Crippen molar-refractivity contribution in [3.8, 4) is 6.07 Å². The van der Waals surface area contributed by atoms with Gasteiger partial charge < -0.3 is 0 Å². The normalized spacial score (nSPS) is 11.2. The van der Waals surface area contributed by atoms with E-state index in [9.17, 15) is 13.2 Å². The molecule has 0 aliphatic rings. The van der Waals surface area contributed by atoms with Gasteiger partial charge in [-0.1, -0.05) is 6.07 Å². The molecule has 1 aromatic rings. The van der Waals surface area contributed by atoms with E-state index >= 15 is 0 Å². The molecule has 0 N–H and O–H groups in total. The summed E-state index contributed by atoms with van der Waals surface area (Å²) in [5, 5.41) is 8.47. The zero-order chi connectivity index (χ0) is 11.6. The van der Waals surface area contributed by atoms with Crippen LogP contribution in [0.5, 0.6) is 0 Å². The summed E-state index contributed by atoms with van der Waals surface area (Å²) in [6, 6.07) is 4.81. The van der Waals surface area contributed by atoms with Crippen LogP contribution in [0.2, 0.25) is 0 Å². The highest BCUT2D eigenvalue weighted by Crippen LogP contribution is 2.36. The zero-order valence-corrected chi connectivity index (χ0v) is 9.98. The van der Waals surface area contributed by atoms with Gasteiger partial charge in [0.1, 0.15) is 0 Å². The topological polar surface area (TPSA) is 23.8 Å². The largest absolute Gasteiger partial charge is 0.417 e. The van der Waals surface area contributed by atoms with Crippen LogP contribution < -0.4 is 0 Å². The molecule has 1 aromatic carbocycles. The van der Waals surface area contributed by atoms with Crippen molar-refractivity contribution in [2.75, 3.05) is 0 Å². The van der Waals surface area contributed by atoms with Gasteiger partial charge in [0.05, 0.1) is 18.1 Å². The Kier molecular flexibility index (Phi) is 3.60. The molecule has 0 spiro atoms. The molecular formula is C10H7F3IN. The lowest BCUT2D eigenvalue weighted by molar-refractivity contribution is -0.138. The highest BCUT2D eigenvalue weighted by Gasteiger charge is 2.35. The molecule has 80 valence electrons. The van der Waals surface area contributed by atoms with Crippen molar-refractivity contribution in [2.45, 2.75) is 19.5 Å². The second kappa shape index (κ2) is 4.39. The maximum Gasteiger partial charge on any atom is 0.417 e. The lowest BCUT2D eigenvalue weighted by atomic mass is 10.0. The van der Waals surface area contributed by atoms with E-state index in [4.69, 9.17) is 5.26 Å². The third-order valence-electron chi connectivity index (χ3n) is 2.08. The maximum absolute atomic E-state index is 12.6. The van der Waals surface area contributed by atoms with E-state index in [0.29, 0.717) is 5.56 Å². The Morgan fingerprint density at radius 1 is 1.40 bits per heavy atom. The summed E-state index contributed by atoms with van der Waals surface area (Å²) < 4.78 is 38.1. The van der Waals surface area contributed by atoms with Crippen LogP contribution in [0.15, 0.2) is 12.1 Å². The molecule has 0 aliphatic carbocycles. The summed E-state index contributed by atoms with van der Waals surface area (Å²) in [6.07, 6.45) is -4.35. The highest BCUT2D eigenvalue weighted by molar-refractivity contribution is 14.1. The van der Waals surface area contributed by atoms with Crippen LogP contribution in [0, 0.1) is 21.8 Å². The molecule has 1 nitrogen and oxygen atoms in total. The van der Waals surface area contributed by atoms with Crippen LogP contribution in [0.1, 0.15) is 16.7 Å². The number of halogens is 4. The van der Waals surface area contributed by atoms with Crippen LogP contribution in [0.4, 0.5) is 13.2 Å². The van der Waals surface area contributed by atoms with Gasteiger partial charge in [-0.15, -0.1) is 0 Å². The number of hydrogen-bond acceptors (Lipinski definition) is 1. The Balaban J connectivity index is 3.38. The molecular weight excluding hydrogens is 318 g/mol. The second-order valence-corrected chi connectivity index (χ2v) is 4.20. The molecule has 0 heterocycles. The first-order chi connectivity index (χ1) is 6.88. The minimum absolute atomic E-state index is 0.00579. The molecule has 0 aliphatic heterocycles. The molecule has 5 heteroatoms. The number of nitriles is 1. The van der Waals surface area contributed by atoms with Gasteiger partial charge in [-0.25, -0.2) is 0 Å². The molecule has 0 bridgehead atoms. The SMILES string of the molecule is Cc1c(CC#N)ccc(I)c1C(F)(F)F. The van der Waals surface area contributed by atoms with Gasteiger partial charge in [0.2, 0.25) is 0 Å². The monoisotopic (exact) mass is 325 g/mol. The van der Waals surface area contributed by atoms with Crippen molar-refractivity contribution in [2.24, 2.45) is 0 Å². The number of alkyl halides is 3. The first kappa shape index (κ1) is 12.3. The van der Waals surface area contributed by atoms with E-state index in [1.54, 1.807) is 28.7 Å². The molecule has 0 amide bonds. The molecule has 0 saturated carbocycles. The highest BCUT2D eigenvalue weighted by atomic mass is 127. The number of benzene rings is 1. The molecule has 0 atom stereocenters. The van der Waals surface area contributed by atoms with E-state index in [-0.39, 0.29) is 15.6 Å². The van der Waals surface area contributed by atoms with E-state index in [1.165, 1.54) is 13.0 Å². The maximum atomic E-state index is 12.6. The second-order valence-electron chi connectivity index (χ2n) is 3.04. The van der Waals surface area contributed by atoms with Crippen molar-refractivity contribution >= 4 is 22.6 Å². The van der Waals surface area contributed by atoms with Crippen molar-refractivity contribution < 1.29 is 13.2 Å². The standard InChI is InChI=1S/C10H7F3IN/c1-6-7(4-5-15)2-3-8(14)9(6)10(11,12)13/h2-3H,4H2,1H3. The first-order valence-corrected chi connectivity index (χ1v) is 5.18. The van der Waals surface area contributed by atoms with Gasteiger partial charge >= 0.3 is 6.18 Å². The van der Waals surface area contributed by atoms with Gasteiger partial charge in [0, 0.05) is 3.57 Å². The predicted octanol–water partition coefficient (Wildman–Crippen LogP) is 3.68. The number of nitrogens with zero attached hydrogens (tertiary/aromatic N) is 1.